The van der Waals surface area contributed by atoms with E-state index >= 15 is 0 Å². The van der Waals surface area contributed by atoms with Gasteiger partial charge in [0, 0.05) is 29.8 Å². The van der Waals surface area contributed by atoms with Crippen LogP contribution in [-0.2, 0) is 20.7 Å². The Bertz CT molecular complexity index is 926. The number of hydrogen-bond donors (Lipinski definition) is 3. The number of thiocarbonyl (C=S) groups is 1. The van der Waals surface area contributed by atoms with Crippen molar-refractivity contribution in [3.8, 4) is 0 Å². The third-order valence-corrected chi connectivity index (χ3v) is 7.17. The molecule has 5 nitrogen and oxygen atoms in total. The highest BCUT2D eigenvalue weighted by Crippen LogP contribution is 2.39. The first kappa shape index (κ1) is 25.4. The maximum atomic E-state index is 13.5. The standard InChI is InChI=1S/C26H32N2O3S2/c1-2-31-22-12-14-26(18-33,15-13-22)25(30)28-23(16-19-6-4-3-5-7-19)24(29)27-21-10-8-20(17-32)9-11-21/h3-11,17,22-23,33H,2,12-16,18H2,1H3,(H,27,29)(H,28,30)/t22?,23-,26?/m0/s1. The molecule has 2 amide bonds. The summed E-state index contributed by atoms with van der Waals surface area (Å²) in [6.07, 6.45) is 3.64. The van der Waals surface area contributed by atoms with Crippen LogP contribution in [0.3, 0.4) is 0 Å². The molecule has 7 heteroatoms. The largest absolute Gasteiger partial charge is 0.379 e. The average molecular weight is 485 g/mol. The maximum absolute atomic E-state index is 13.5. The van der Waals surface area contributed by atoms with Crippen molar-refractivity contribution >= 4 is 47.7 Å². The smallest absolute Gasteiger partial charge is 0.247 e. The summed E-state index contributed by atoms with van der Waals surface area (Å²) in [5.41, 5.74) is 1.95. The summed E-state index contributed by atoms with van der Waals surface area (Å²) in [6, 6.07) is 16.3. The Kier molecular flexibility index (Phi) is 9.47. The van der Waals surface area contributed by atoms with E-state index < -0.39 is 11.5 Å². The molecule has 0 bridgehead atoms. The SMILES string of the molecule is CCOC1CCC(CS)(C(=O)N[C@@H](Cc2ccccc2)C(=O)Nc2ccc(C=S)cc2)CC1. The molecule has 2 N–H and O–H groups in total. The van der Waals surface area contributed by atoms with Crippen LogP contribution < -0.4 is 10.6 Å². The summed E-state index contributed by atoms with van der Waals surface area (Å²) < 4.78 is 5.75. The normalized spacial score (nSPS) is 21.1. The number of carbonyl (C=O) groups excluding carboxylic acids is 2. The summed E-state index contributed by atoms with van der Waals surface area (Å²) in [5.74, 6) is 0.0790. The zero-order valence-electron chi connectivity index (χ0n) is 19.0. The number of rotatable bonds is 10. The summed E-state index contributed by atoms with van der Waals surface area (Å²) >= 11 is 9.47. The second kappa shape index (κ2) is 12.3. The number of ether oxygens (including phenoxy) is 1. The highest BCUT2D eigenvalue weighted by molar-refractivity contribution is 7.80. The molecule has 0 spiro atoms. The van der Waals surface area contributed by atoms with Gasteiger partial charge in [-0.25, -0.2) is 0 Å². The van der Waals surface area contributed by atoms with E-state index in [4.69, 9.17) is 17.0 Å². The Balaban J connectivity index is 1.74. The van der Waals surface area contributed by atoms with Crippen LogP contribution >= 0.6 is 24.8 Å². The second-order valence-corrected chi connectivity index (χ2v) is 9.09. The predicted molar refractivity (Wildman–Crippen MR) is 140 cm³/mol. The predicted octanol–water partition coefficient (Wildman–Crippen LogP) is 4.60. The molecule has 1 atom stereocenters. The minimum Gasteiger partial charge on any atom is -0.379 e. The van der Waals surface area contributed by atoms with Crippen LogP contribution in [0.2, 0.25) is 0 Å². The molecule has 1 aliphatic rings. The zero-order valence-corrected chi connectivity index (χ0v) is 20.7. The van der Waals surface area contributed by atoms with Crippen LogP contribution in [0.15, 0.2) is 54.6 Å². The van der Waals surface area contributed by atoms with Crippen LogP contribution in [0, 0.1) is 5.41 Å². The lowest BCUT2D eigenvalue weighted by atomic mass is 9.73. The first-order chi connectivity index (χ1) is 16.0. The van der Waals surface area contributed by atoms with E-state index in [1.54, 1.807) is 5.37 Å². The number of anilines is 1. The summed E-state index contributed by atoms with van der Waals surface area (Å²) in [6.45, 7) is 2.67. The van der Waals surface area contributed by atoms with Crippen molar-refractivity contribution in [2.75, 3.05) is 17.7 Å². The zero-order chi connectivity index (χ0) is 23.7. The molecule has 0 heterocycles. The van der Waals surface area contributed by atoms with Gasteiger partial charge in [-0.15, -0.1) is 0 Å². The van der Waals surface area contributed by atoms with Gasteiger partial charge >= 0.3 is 0 Å². The van der Waals surface area contributed by atoms with Gasteiger partial charge in [-0.3, -0.25) is 9.59 Å². The molecule has 0 radical (unpaired) electrons. The Morgan fingerprint density at radius 1 is 1.15 bits per heavy atom. The molecule has 2 aromatic carbocycles. The third kappa shape index (κ3) is 6.88. The van der Waals surface area contributed by atoms with E-state index in [1.165, 1.54) is 0 Å². The molecule has 33 heavy (non-hydrogen) atoms. The molecule has 0 unspecified atom stereocenters. The molecular weight excluding hydrogens is 452 g/mol. The number of carbonyl (C=O) groups is 2. The third-order valence-electron chi connectivity index (χ3n) is 6.30. The summed E-state index contributed by atoms with van der Waals surface area (Å²) in [5, 5.41) is 7.57. The van der Waals surface area contributed by atoms with E-state index in [1.807, 2.05) is 61.5 Å². The van der Waals surface area contributed by atoms with Crippen LogP contribution in [0.25, 0.3) is 0 Å². The van der Waals surface area contributed by atoms with Gasteiger partial charge in [0.05, 0.1) is 11.5 Å². The fraction of sp³-hybridized carbons (Fsp3) is 0.423. The van der Waals surface area contributed by atoms with E-state index in [0.717, 1.165) is 24.0 Å². The second-order valence-electron chi connectivity index (χ2n) is 8.54. The molecule has 0 saturated heterocycles. The van der Waals surface area contributed by atoms with Crippen molar-refractivity contribution in [3.63, 3.8) is 0 Å². The van der Waals surface area contributed by atoms with E-state index in [-0.39, 0.29) is 17.9 Å². The van der Waals surface area contributed by atoms with E-state index in [0.29, 0.717) is 37.3 Å². The van der Waals surface area contributed by atoms with Gasteiger partial charge in [0.1, 0.15) is 6.04 Å². The van der Waals surface area contributed by atoms with Gasteiger partial charge in [0.25, 0.3) is 0 Å². The first-order valence-electron chi connectivity index (χ1n) is 11.4. The summed E-state index contributed by atoms with van der Waals surface area (Å²) in [4.78, 5) is 26.7. The molecular formula is C26H32N2O3S2. The average Bonchev–Trinajstić information content (AvgIpc) is 2.85. The van der Waals surface area contributed by atoms with Crippen molar-refractivity contribution < 1.29 is 14.3 Å². The van der Waals surface area contributed by atoms with Crippen LogP contribution in [-0.4, -0.2) is 41.7 Å². The number of nitrogens with one attached hydrogen (secondary N) is 2. The highest BCUT2D eigenvalue weighted by Gasteiger charge is 2.42. The lowest BCUT2D eigenvalue weighted by Crippen LogP contribution is -2.53. The fourth-order valence-electron chi connectivity index (χ4n) is 4.25. The topological polar surface area (TPSA) is 67.4 Å². The Morgan fingerprint density at radius 2 is 1.82 bits per heavy atom. The fourth-order valence-corrected chi connectivity index (χ4v) is 4.87. The van der Waals surface area contributed by atoms with Gasteiger partial charge in [-0.2, -0.15) is 12.6 Å². The van der Waals surface area contributed by atoms with Crippen molar-refractivity contribution in [2.45, 2.75) is 51.2 Å². The molecule has 1 saturated carbocycles. The molecule has 2 aromatic rings. The van der Waals surface area contributed by atoms with Crippen LogP contribution in [0.4, 0.5) is 5.69 Å². The van der Waals surface area contributed by atoms with Crippen molar-refractivity contribution in [3.05, 3.63) is 65.7 Å². The van der Waals surface area contributed by atoms with Gasteiger partial charge in [0.15, 0.2) is 0 Å². The lowest BCUT2D eigenvalue weighted by Gasteiger charge is -2.38. The molecule has 176 valence electrons. The number of amides is 2. The molecule has 1 fully saturated rings. The first-order valence-corrected chi connectivity index (χ1v) is 12.5. The van der Waals surface area contributed by atoms with Gasteiger partial charge in [-0.05, 0) is 55.9 Å². The summed E-state index contributed by atoms with van der Waals surface area (Å²) in [7, 11) is 0. The molecule has 0 aliphatic heterocycles. The minimum atomic E-state index is -0.702. The molecule has 3 rings (SSSR count). The number of hydrogen-bond acceptors (Lipinski definition) is 5. The van der Waals surface area contributed by atoms with Gasteiger partial charge in [-0.1, -0.05) is 54.7 Å². The molecule has 1 aliphatic carbocycles. The van der Waals surface area contributed by atoms with Crippen molar-refractivity contribution in [1.82, 2.24) is 5.32 Å². The van der Waals surface area contributed by atoms with Gasteiger partial charge in [0.2, 0.25) is 11.8 Å². The maximum Gasteiger partial charge on any atom is 0.247 e. The monoisotopic (exact) mass is 484 g/mol. The minimum absolute atomic E-state index is 0.111. The number of benzene rings is 2. The highest BCUT2D eigenvalue weighted by atomic mass is 32.1. The van der Waals surface area contributed by atoms with Crippen molar-refractivity contribution in [2.24, 2.45) is 5.41 Å². The van der Waals surface area contributed by atoms with Crippen LogP contribution in [0.5, 0.6) is 0 Å². The van der Waals surface area contributed by atoms with E-state index in [2.05, 4.69) is 23.3 Å². The molecule has 0 aromatic heterocycles. The Morgan fingerprint density at radius 3 is 2.39 bits per heavy atom. The van der Waals surface area contributed by atoms with Gasteiger partial charge < -0.3 is 15.4 Å². The van der Waals surface area contributed by atoms with Crippen LogP contribution in [0.1, 0.15) is 43.7 Å². The Labute approximate surface area is 207 Å². The van der Waals surface area contributed by atoms with Crippen molar-refractivity contribution in [1.29, 1.82) is 0 Å². The number of thiol groups is 1. The quantitative estimate of drug-likeness (QED) is 0.341. The lowest BCUT2D eigenvalue weighted by molar-refractivity contribution is -0.136. The Hall–Kier alpha value is -2.22. The van der Waals surface area contributed by atoms with E-state index in [9.17, 15) is 9.59 Å².